The van der Waals surface area contributed by atoms with Gasteiger partial charge in [-0.15, -0.1) is 0 Å². The van der Waals surface area contributed by atoms with Crippen LogP contribution in [0.5, 0.6) is 0 Å². The summed E-state index contributed by atoms with van der Waals surface area (Å²) < 4.78 is 23.6. The Morgan fingerprint density at radius 1 is 1.29 bits per heavy atom. The second kappa shape index (κ2) is 3.61. The van der Waals surface area contributed by atoms with E-state index in [1.165, 1.54) is 0 Å². The highest BCUT2D eigenvalue weighted by Gasteiger charge is 2.21. The molecular formula is C10H15NO2S. The average Bonchev–Trinajstić information content (AvgIpc) is 2.02. The molecule has 0 fully saturated rings. The van der Waals surface area contributed by atoms with E-state index in [0.717, 1.165) is 5.56 Å². The van der Waals surface area contributed by atoms with Crippen LogP contribution in [0.25, 0.3) is 0 Å². The van der Waals surface area contributed by atoms with E-state index in [9.17, 15) is 8.42 Å². The third kappa shape index (κ3) is 1.90. The SMILES string of the molecule is Cc1ccc(S(=O)(=O)C(C)C)c(N)c1. The van der Waals surface area contributed by atoms with Crippen molar-refractivity contribution in [3.05, 3.63) is 23.8 Å². The van der Waals surface area contributed by atoms with Crippen molar-refractivity contribution in [2.45, 2.75) is 30.9 Å². The van der Waals surface area contributed by atoms with Crippen LogP contribution < -0.4 is 5.73 Å². The molecule has 0 aliphatic carbocycles. The second-order valence-electron chi connectivity index (χ2n) is 3.64. The zero-order valence-corrected chi connectivity index (χ0v) is 9.43. The lowest BCUT2D eigenvalue weighted by molar-refractivity contribution is 0.588. The fourth-order valence-electron chi connectivity index (χ4n) is 1.18. The summed E-state index contributed by atoms with van der Waals surface area (Å²) in [5.74, 6) is 0. The maximum absolute atomic E-state index is 11.8. The Kier molecular flexibility index (Phi) is 2.85. The molecule has 78 valence electrons. The lowest BCUT2D eigenvalue weighted by Crippen LogP contribution is -2.15. The number of benzene rings is 1. The van der Waals surface area contributed by atoms with Crippen molar-refractivity contribution in [3.8, 4) is 0 Å². The smallest absolute Gasteiger partial charge is 0.182 e. The van der Waals surface area contributed by atoms with Crippen LogP contribution in [-0.4, -0.2) is 13.7 Å². The lowest BCUT2D eigenvalue weighted by atomic mass is 10.2. The van der Waals surface area contributed by atoms with Crippen molar-refractivity contribution < 1.29 is 8.42 Å². The molecule has 1 rings (SSSR count). The standard InChI is InChI=1S/C10H15NO2S/c1-7(2)14(12,13)10-5-4-8(3)6-9(10)11/h4-7H,11H2,1-3H3. The predicted octanol–water partition coefficient (Wildman–Crippen LogP) is 1.76. The molecule has 0 amide bonds. The van der Waals surface area contributed by atoms with Crippen molar-refractivity contribution in [1.29, 1.82) is 0 Å². The lowest BCUT2D eigenvalue weighted by Gasteiger charge is -2.10. The third-order valence-corrected chi connectivity index (χ3v) is 4.32. The summed E-state index contributed by atoms with van der Waals surface area (Å²) in [6.45, 7) is 5.17. The number of sulfone groups is 1. The van der Waals surface area contributed by atoms with Crippen molar-refractivity contribution in [3.63, 3.8) is 0 Å². The number of hydrogen-bond donors (Lipinski definition) is 1. The molecule has 0 atom stereocenters. The molecule has 1 aromatic carbocycles. The van der Waals surface area contributed by atoms with Crippen molar-refractivity contribution >= 4 is 15.5 Å². The van der Waals surface area contributed by atoms with Crippen LogP contribution in [0.2, 0.25) is 0 Å². The van der Waals surface area contributed by atoms with Crippen LogP contribution in [-0.2, 0) is 9.84 Å². The summed E-state index contributed by atoms with van der Waals surface area (Å²) in [6, 6.07) is 5.00. The zero-order valence-electron chi connectivity index (χ0n) is 8.61. The molecule has 0 saturated heterocycles. The molecule has 4 heteroatoms. The normalized spacial score (nSPS) is 12.0. The summed E-state index contributed by atoms with van der Waals surface area (Å²) in [4.78, 5) is 0.234. The first-order chi connectivity index (χ1) is 6.35. The van der Waals surface area contributed by atoms with E-state index < -0.39 is 15.1 Å². The van der Waals surface area contributed by atoms with Gasteiger partial charge < -0.3 is 5.73 Å². The van der Waals surface area contributed by atoms with Gasteiger partial charge in [-0.25, -0.2) is 8.42 Å². The Labute approximate surface area is 84.9 Å². The van der Waals surface area contributed by atoms with Crippen LogP contribution in [0.4, 0.5) is 5.69 Å². The van der Waals surface area contributed by atoms with Gasteiger partial charge >= 0.3 is 0 Å². The summed E-state index contributed by atoms with van der Waals surface area (Å²) in [5.41, 5.74) is 6.96. The van der Waals surface area contributed by atoms with Gasteiger partial charge in [-0.1, -0.05) is 6.07 Å². The fraction of sp³-hybridized carbons (Fsp3) is 0.400. The van der Waals surface area contributed by atoms with E-state index >= 15 is 0 Å². The Morgan fingerprint density at radius 2 is 1.86 bits per heavy atom. The predicted molar refractivity (Wildman–Crippen MR) is 57.9 cm³/mol. The van der Waals surface area contributed by atoms with E-state index in [-0.39, 0.29) is 4.90 Å². The summed E-state index contributed by atoms with van der Waals surface area (Å²) in [6.07, 6.45) is 0. The minimum Gasteiger partial charge on any atom is -0.398 e. The van der Waals surface area contributed by atoms with E-state index in [4.69, 9.17) is 5.73 Å². The van der Waals surface area contributed by atoms with Gasteiger partial charge in [-0.05, 0) is 38.5 Å². The van der Waals surface area contributed by atoms with Gasteiger partial charge in [0, 0.05) is 0 Å². The van der Waals surface area contributed by atoms with Gasteiger partial charge in [0.05, 0.1) is 15.8 Å². The molecule has 0 aromatic heterocycles. The van der Waals surface area contributed by atoms with Crippen molar-refractivity contribution in [2.24, 2.45) is 0 Å². The maximum atomic E-state index is 11.8. The van der Waals surface area contributed by atoms with E-state index in [1.807, 2.05) is 6.92 Å². The Bertz CT molecular complexity index is 435. The van der Waals surface area contributed by atoms with Gasteiger partial charge in [0.1, 0.15) is 0 Å². The van der Waals surface area contributed by atoms with Gasteiger partial charge in [-0.2, -0.15) is 0 Å². The van der Waals surface area contributed by atoms with Gasteiger partial charge in [-0.3, -0.25) is 0 Å². The summed E-state index contributed by atoms with van der Waals surface area (Å²) in [5, 5.41) is -0.437. The maximum Gasteiger partial charge on any atom is 0.182 e. The highest BCUT2D eigenvalue weighted by Crippen LogP contribution is 2.23. The Morgan fingerprint density at radius 3 is 2.29 bits per heavy atom. The summed E-state index contributed by atoms with van der Waals surface area (Å²) in [7, 11) is -3.25. The minimum absolute atomic E-state index is 0.234. The number of aryl methyl sites for hydroxylation is 1. The van der Waals surface area contributed by atoms with Crippen LogP contribution >= 0.6 is 0 Å². The first-order valence-corrected chi connectivity index (χ1v) is 6.00. The monoisotopic (exact) mass is 213 g/mol. The molecule has 0 saturated carbocycles. The zero-order chi connectivity index (χ0) is 10.9. The van der Waals surface area contributed by atoms with E-state index in [1.54, 1.807) is 32.0 Å². The van der Waals surface area contributed by atoms with Crippen LogP contribution in [0, 0.1) is 6.92 Å². The number of anilines is 1. The van der Waals surface area contributed by atoms with Gasteiger partial charge in [0.25, 0.3) is 0 Å². The van der Waals surface area contributed by atoms with Crippen LogP contribution in [0.15, 0.2) is 23.1 Å². The first kappa shape index (κ1) is 11.0. The molecule has 0 unspecified atom stereocenters. The topological polar surface area (TPSA) is 60.2 Å². The Balaban J connectivity index is 3.35. The molecule has 0 aliphatic heterocycles. The average molecular weight is 213 g/mol. The number of hydrogen-bond acceptors (Lipinski definition) is 3. The highest BCUT2D eigenvalue weighted by molar-refractivity contribution is 7.92. The highest BCUT2D eigenvalue weighted by atomic mass is 32.2. The molecule has 0 bridgehead atoms. The number of nitrogen functional groups attached to an aromatic ring is 1. The molecule has 2 N–H and O–H groups in total. The molecule has 3 nitrogen and oxygen atoms in total. The second-order valence-corrected chi connectivity index (χ2v) is 6.11. The van der Waals surface area contributed by atoms with Gasteiger partial charge in [0.15, 0.2) is 9.84 Å². The summed E-state index contributed by atoms with van der Waals surface area (Å²) >= 11 is 0. The largest absolute Gasteiger partial charge is 0.398 e. The minimum atomic E-state index is -3.25. The first-order valence-electron chi connectivity index (χ1n) is 4.45. The van der Waals surface area contributed by atoms with Crippen molar-refractivity contribution in [1.82, 2.24) is 0 Å². The molecule has 14 heavy (non-hydrogen) atoms. The van der Waals surface area contributed by atoms with Gasteiger partial charge in [0.2, 0.25) is 0 Å². The number of nitrogens with two attached hydrogens (primary N) is 1. The molecule has 0 aliphatic rings. The van der Waals surface area contributed by atoms with E-state index in [2.05, 4.69) is 0 Å². The van der Waals surface area contributed by atoms with Crippen LogP contribution in [0.1, 0.15) is 19.4 Å². The molecule has 0 heterocycles. The third-order valence-electron chi connectivity index (χ3n) is 2.09. The molecule has 0 spiro atoms. The molecule has 1 aromatic rings. The molecular weight excluding hydrogens is 198 g/mol. The van der Waals surface area contributed by atoms with Crippen LogP contribution in [0.3, 0.4) is 0 Å². The fourth-order valence-corrected chi connectivity index (χ4v) is 2.33. The number of rotatable bonds is 2. The molecule has 0 radical (unpaired) electrons. The quantitative estimate of drug-likeness (QED) is 0.761. The van der Waals surface area contributed by atoms with Crippen molar-refractivity contribution in [2.75, 3.05) is 5.73 Å². The van der Waals surface area contributed by atoms with E-state index in [0.29, 0.717) is 5.69 Å². The Hall–Kier alpha value is -1.03.